The molecule has 0 radical (unpaired) electrons. The van der Waals surface area contributed by atoms with Crippen LogP contribution in [0.3, 0.4) is 0 Å². The number of nitrogens with two attached hydrogens (primary N) is 1. The average molecular weight is 271 g/mol. The minimum absolute atomic E-state index is 0.160. The molecule has 2 heteroatoms. The molecule has 1 aliphatic carbocycles. The van der Waals surface area contributed by atoms with E-state index in [9.17, 15) is 0 Å². The number of benzene rings is 1. The average Bonchev–Trinajstić information content (AvgIpc) is 3.05. The van der Waals surface area contributed by atoms with E-state index in [1.807, 2.05) is 11.3 Å². The first kappa shape index (κ1) is 12.9. The van der Waals surface area contributed by atoms with Crippen molar-refractivity contribution in [2.45, 2.75) is 39.2 Å². The van der Waals surface area contributed by atoms with Crippen molar-refractivity contribution in [3.05, 3.63) is 46.3 Å². The van der Waals surface area contributed by atoms with Crippen LogP contribution in [0.25, 0.3) is 10.4 Å². The second kappa shape index (κ2) is 5.10. The first-order chi connectivity index (χ1) is 9.15. The summed E-state index contributed by atoms with van der Waals surface area (Å²) < 4.78 is 0. The van der Waals surface area contributed by atoms with Gasteiger partial charge in [0.1, 0.15) is 0 Å². The van der Waals surface area contributed by atoms with Crippen LogP contribution in [0, 0.1) is 5.92 Å². The molecule has 1 aromatic carbocycles. The number of fused-ring (bicyclic) bond motifs is 1. The Morgan fingerprint density at radius 1 is 1.05 bits per heavy atom. The smallest absolute Gasteiger partial charge is 0.0413 e. The van der Waals surface area contributed by atoms with Crippen molar-refractivity contribution >= 4 is 11.3 Å². The van der Waals surface area contributed by atoms with E-state index in [1.54, 1.807) is 11.1 Å². The Balaban J connectivity index is 1.90. The van der Waals surface area contributed by atoms with Gasteiger partial charge >= 0.3 is 0 Å². The van der Waals surface area contributed by atoms with Crippen molar-refractivity contribution in [2.75, 3.05) is 0 Å². The van der Waals surface area contributed by atoms with E-state index in [0.29, 0.717) is 5.92 Å². The first-order valence-electron chi connectivity index (χ1n) is 7.12. The summed E-state index contributed by atoms with van der Waals surface area (Å²) in [7, 11) is 0. The molecule has 0 bridgehead atoms. The molecule has 2 N–H and O–H groups in total. The molecule has 1 heterocycles. The van der Waals surface area contributed by atoms with E-state index in [2.05, 4.69) is 44.2 Å². The summed E-state index contributed by atoms with van der Waals surface area (Å²) in [5, 5.41) is 0. The third-order valence-electron chi connectivity index (χ3n) is 4.06. The molecule has 1 atom stereocenters. The zero-order chi connectivity index (χ0) is 13.4. The Morgan fingerprint density at radius 3 is 2.63 bits per heavy atom. The Morgan fingerprint density at radius 2 is 1.84 bits per heavy atom. The SMILES string of the molecule is CC(C)C(N)c1ccc(-c2ccc3c(c2)CCC3)s1. The summed E-state index contributed by atoms with van der Waals surface area (Å²) in [6.07, 6.45) is 3.81. The number of thiophene rings is 1. The second-order valence-electron chi connectivity index (χ2n) is 5.81. The van der Waals surface area contributed by atoms with Gasteiger partial charge in [-0.25, -0.2) is 0 Å². The zero-order valence-electron chi connectivity index (χ0n) is 11.6. The van der Waals surface area contributed by atoms with E-state index in [-0.39, 0.29) is 6.04 Å². The summed E-state index contributed by atoms with van der Waals surface area (Å²) in [6.45, 7) is 4.36. The van der Waals surface area contributed by atoms with Crippen LogP contribution in [0.1, 0.15) is 42.3 Å². The van der Waals surface area contributed by atoms with Gasteiger partial charge in [-0.1, -0.05) is 32.0 Å². The van der Waals surface area contributed by atoms with Crippen molar-refractivity contribution in [3.8, 4) is 10.4 Å². The molecule has 1 aliphatic rings. The summed E-state index contributed by atoms with van der Waals surface area (Å²) >= 11 is 1.84. The normalized spacial score (nSPS) is 15.8. The fourth-order valence-corrected chi connectivity index (χ4v) is 3.92. The van der Waals surface area contributed by atoms with Gasteiger partial charge in [0.25, 0.3) is 0 Å². The van der Waals surface area contributed by atoms with Gasteiger partial charge in [0, 0.05) is 15.8 Å². The maximum absolute atomic E-state index is 6.23. The standard InChI is InChI=1S/C17H21NS/c1-11(2)17(18)16-9-8-15(19-16)14-7-6-12-4-3-5-13(12)10-14/h6-11,17H,3-5,18H2,1-2H3. The highest BCUT2D eigenvalue weighted by Crippen LogP contribution is 2.35. The van der Waals surface area contributed by atoms with Crippen LogP contribution in [0.5, 0.6) is 0 Å². The van der Waals surface area contributed by atoms with Crippen LogP contribution < -0.4 is 5.73 Å². The van der Waals surface area contributed by atoms with E-state index in [4.69, 9.17) is 5.73 Å². The molecule has 100 valence electrons. The Hall–Kier alpha value is -1.12. The number of aryl methyl sites for hydroxylation is 2. The number of hydrogen-bond donors (Lipinski definition) is 1. The lowest BCUT2D eigenvalue weighted by atomic mass is 10.0. The zero-order valence-corrected chi connectivity index (χ0v) is 12.5. The molecule has 0 saturated carbocycles. The molecular weight excluding hydrogens is 250 g/mol. The maximum Gasteiger partial charge on any atom is 0.0413 e. The van der Waals surface area contributed by atoms with Gasteiger partial charge in [-0.2, -0.15) is 0 Å². The van der Waals surface area contributed by atoms with Gasteiger partial charge in [-0.3, -0.25) is 0 Å². The fraction of sp³-hybridized carbons (Fsp3) is 0.412. The topological polar surface area (TPSA) is 26.0 Å². The summed E-state index contributed by atoms with van der Waals surface area (Å²) in [4.78, 5) is 2.64. The molecule has 0 amide bonds. The second-order valence-corrected chi connectivity index (χ2v) is 6.92. The van der Waals surface area contributed by atoms with Crippen LogP contribution in [-0.2, 0) is 12.8 Å². The minimum Gasteiger partial charge on any atom is -0.323 e. The van der Waals surface area contributed by atoms with Crippen molar-refractivity contribution in [1.82, 2.24) is 0 Å². The van der Waals surface area contributed by atoms with Crippen LogP contribution in [-0.4, -0.2) is 0 Å². The Bertz CT molecular complexity index is 583. The third kappa shape index (κ3) is 2.47. The van der Waals surface area contributed by atoms with Gasteiger partial charge in [0.2, 0.25) is 0 Å². The third-order valence-corrected chi connectivity index (χ3v) is 5.29. The predicted octanol–water partition coefficient (Wildman–Crippen LogP) is 4.56. The van der Waals surface area contributed by atoms with Crippen LogP contribution in [0.4, 0.5) is 0 Å². The van der Waals surface area contributed by atoms with E-state index in [1.165, 1.54) is 34.6 Å². The highest BCUT2D eigenvalue weighted by molar-refractivity contribution is 7.15. The van der Waals surface area contributed by atoms with Gasteiger partial charge in [-0.15, -0.1) is 11.3 Å². The van der Waals surface area contributed by atoms with Crippen molar-refractivity contribution in [2.24, 2.45) is 11.7 Å². The lowest BCUT2D eigenvalue weighted by molar-refractivity contribution is 0.521. The highest BCUT2D eigenvalue weighted by atomic mass is 32.1. The molecular formula is C17H21NS. The number of rotatable bonds is 3. The summed E-state index contributed by atoms with van der Waals surface area (Å²) in [5.41, 5.74) is 10.7. The monoisotopic (exact) mass is 271 g/mol. The van der Waals surface area contributed by atoms with Gasteiger partial charge in [0.15, 0.2) is 0 Å². The quantitative estimate of drug-likeness (QED) is 0.870. The molecule has 1 unspecified atom stereocenters. The summed E-state index contributed by atoms with van der Waals surface area (Å²) in [6, 6.07) is 11.5. The first-order valence-corrected chi connectivity index (χ1v) is 7.94. The Kier molecular flexibility index (Phi) is 3.46. The largest absolute Gasteiger partial charge is 0.323 e. The molecule has 0 fully saturated rings. The molecule has 1 nitrogen and oxygen atoms in total. The van der Waals surface area contributed by atoms with Gasteiger partial charge < -0.3 is 5.73 Å². The molecule has 19 heavy (non-hydrogen) atoms. The highest BCUT2D eigenvalue weighted by Gasteiger charge is 2.15. The molecule has 2 aromatic rings. The molecule has 0 spiro atoms. The minimum atomic E-state index is 0.160. The summed E-state index contributed by atoms with van der Waals surface area (Å²) in [5.74, 6) is 0.492. The van der Waals surface area contributed by atoms with E-state index >= 15 is 0 Å². The Labute approximate surface area is 119 Å². The van der Waals surface area contributed by atoms with Gasteiger partial charge in [-0.05, 0) is 54.0 Å². The van der Waals surface area contributed by atoms with Crippen LogP contribution >= 0.6 is 11.3 Å². The maximum atomic E-state index is 6.23. The van der Waals surface area contributed by atoms with Crippen molar-refractivity contribution in [3.63, 3.8) is 0 Å². The molecule has 0 saturated heterocycles. The van der Waals surface area contributed by atoms with Crippen LogP contribution in [0.2, 0.25) is 0 Å². The van der Waals surface area contributed by atoms with Crippen molar-refractivity contribution < 1.29 is 0 Å². The fourth-order valence-electron chi connectivity index (χ4n) is 2.74. The number of hydrogen-bond acceptors (Lipinski definition) is 2. The van der Waals surface area contributed by atoms with E-state index in [0.717, 1.165) is 0 Å². The lowest BCUT2D eigenvalue weighted by Crippen LogP contribution is -2.14. The lowest BCUT2D eigenvalue weighted by Gasteiger charge is -2.12. The van der Waals surface area contributed by atoms with Crippen LogP contribution in [0.15, 0.2) is 30.3 Å². The van der Waals surface area contributed by atoms with Crippen molar-refractivity contribution in [1.29, 1.82) is 0 Å². The van der Waals surface area contributed by atoms with Gasteiger partial charge in [0.05, 0.1) is 0 Å². The molecule has 3 rings (SSSR count). The molecule has 0 aliphatic heterocycles. The molecule has 1 aromatic heterocycles. The van der Waals surface area contributed by atoms with E-state index < -0.39 is 0 Å². The predicted molar refractivity (Wildman–Crippen MR) is 83.5 cm³/mol.